The zero-order chi connectivity index (χ0) is 22.7. The third-order valence-electron chi connectivity index (χ3n) is 8.18. The van der Waals surface area contributed by atoms with Gasteiger partial charge in [-0.15, -0.1) is 0 Å². The van der Waals surface area contributed by atoms with Gasteiger partial charge in [-0.2, -0.15) is 0 Å². The fourth-order valence-corrected chi connectivity index (χ4v) is 6.94. The summed E-state index contributed by atoms with van der Waals surface area (Å²) in [6, 6.07) is 3.01. The highest BCUT2D eigenvalue weighted by Crippen LogP contribution is 2.60. The Morgan fingerprint density at radius 3 is 2.22 bits per heavy atom. The molecule has 5 aliphatic carbocycles. The summed E-state index contributed by atoms with van der Waals surface area (Å²) < 4.78 is 26.1. The number of esters is 1. The Hall–Kier alpha value is -2.11. The summed E-state index contributed by atoms with van der Waals surface area (Å²) in [5.74, 6) is 1.60. The number of ether oxygens (including phenoxy) is 2. The highest BCUT2D eigenvalue weighted by Gasteiger charge is 2.51. The van der Waals surface area contributed by atoms with Crippen LogP contribution in [0.1, 0.15) is 87.1 Å². The minimum atomic E-state index is -1.24. The summed E-state index contributed by atoms with van der Waals surface area (Å²) in [7, 11) is 1.26. The maximum absolute atomic E-state index is 15.1. The van der Waals surface area contributed by atoms with Crippen molar-refractivity contribution in [2.75, 3.05) is 13.7 Å². The van der Waals surface area contributed by atoms with Crippen molar-refractivity contribution in [3.05, 3.63) is 29.1 Å². The number of carbonyl (C=O) groups excluding carboxylic acids is 2. The van der Waals surface area contributed by atoms with Crippen LogP contribution in [0.4, 0.5) is 4.39 Å². The molecular formula is C26H34FNO4. The van der Waals surface area contributed by atoms with Crippen LogP contribution < -0.4 is 10.1 Å². The Labute approximate surface area is 189 Å². The van der Waals surface area contributed by atoms with Crippen LogP contribution in [0.2, 0.25) is 0 Å². The van der Waals surface area contributed by atoms with Crippen LogP contribution in [-0.2, 0) is 9.53 Å². The highest BCUT2D eigenvalue weighted by atomic mass is 19.1. The molecule has 5 aliphatic rings. The number of rotatable bonds is 7. The summed E-state index contributed by atoms with van der Waals surface area (Å²) in [5, 5.41) is 2.60. The topological polar surface area (TPSA) is 64.6 Å². The molecule has 1 aromatic rings. The van der Waals surface area contributed by atoms with Gasteiger partial charge in [0.05, 0.1) is 19.3 Å². The first kappa shape index (κ1) is 21.7. The monoisotopic (exact) mass is 443 g/mol. The molecule has 1 N–H and O–H groups in total. The molecule has 0 unspecified atom stereocenters. The molecule has 6 heteroatoms. The first-order chi connectivity index (χ1) is 15.2. The standard InChI is InChI=1S/C26H34FNO4/c1-25(2,24(30)31-3)28-23(29)20-9-19(18-4-5-18)22(10-21(20)27)32-14-26-11-15-6-16(12-26)8-17(7-15)13-26/h9-10,15-18H,4-8,11-14H2,1-3H3,(H,28,29). The Balaban J connectivity index is 1.35. The molecule has 0 saturated heterocycles. The van der Waals surface area contributed by atoms with Gasteiger partial charge >= 0.3 is 5.97 Å². The lowest BCUT2D eigenvalue weighted by molar-refractivity contribution is -0.146. The summed E-state index contributed by atoms with van der Waals surface area (Å²) in [5.41, 5.74) is -0.138. The second kappa shape index (κ2) is 7.74. The fraction of sp³-hybridized carbons (Fsp3) is 0.692. The molecule has 0 atom stereocenters. The zero-order valence-electron chi connectivity index (χ0n) is 19.3. The molecule has 5 nitrogen and oxygen atoms in total. The van der Waals surface area contributed by atoms with E-state index in [4.69, 9.17) is 9.47 Å². The average molecular weight is 444 g/mol. The number of hydrogen-bond acceptors (Lipinski definition) is 4. The Morgan fingerprint density at radius 1 is 1.09 bits per heavy atom. The summed E-state index contributed by atoms with van der Waals surface area (Å²) in [6.45, 7) is 3.73. The van der Waals surface area contributed by atoms with Gasteiger partial charge in [-0.1, -0.05) is 0 Å². The molecule has 174 valence electrons. The number of benzene rings is 1. The number of hydrogen-bond donors (Lipinski definition) is 1. The largest absolute Gasteiger partial charge is 0.493 e. The van der Waals surface area contributed by atoms with Crippen molar-refractivity contribution < 1.29 is 23.5 Å². The number of amides is 1. The van der Waals surface area contributed by atoms with E-state index in [9.17, 15) is 9.59 Å². The van der Waals surface area contributed by atoms with Gasteiger partial charge in [0.2, 0.25) is 0 Å². The molecule has 5 fully saturated rings. The maximum Gasteiger partial charge on any atom is 0.330 e. The van der Waals surface area contributed by atoms with Crippen LogP contribution in [0.3, 0.4) is 0 Å². The first-order valence-electron chi connectivity index (χ1n) is 12.1. The van der Waals surface area contributed by atoms with Gasteiger partial charge in [-0.25, -0.2) is 9.18 Å². The van der Waals surface area contributed by atoms with Crippen LogP contribution >= 0.6 is 0 Å². The molecule has 0 aliphatic heterocycles. The van der Waals surface area contributed by atoms with E-state index in [1.54, 1.807) is 19.9 Å². The third-order valence-corrected chi connectivity index (χ3v) is 8.18. The van der Waals surface area contributed by atoms with Gasteiger partial charge < -0.3 is 14.8 Å². The highest BCUT2D eigenvalue weighted by molar-refractivity contribution is 5.98. The van der Waals surface area contributed by atoms with E-state index in [0.717, 1.165) is 36.2 Å². The van der Waals surface area contributed by atoms with Gasteiger partial charge in [0.25, 0.3) is 5.91 Å². The van der Waals surface area contributed by atoms with Gasteiger partial charge in [0.15, 0.2) is 0 Å². The lowest BCUT2D eigenvalue weighted by Gasteiger charge is -2.56. The molecule has 32 heavy (non-hydrogen) atoms. The van der Waals surface area contributed by atoms with Crippen LogP contribution in [0, 0.1) is 29.0 Å². The number of carbonyl (C=O) groups is 2. The minimum absolute atomic E-state index is 0.0500. The lowest BCUT2D eigenvalue weighted by atomic mass is 9.50. The second-order valence-electron chi connectivity index (χ2n) is 11.4. The molecule has 4 bridgehead atoms. The Kier molecular flexibility index (Phi) is 5.25. The van der Waals surface area contributed by atoms with Crippen molar-refractivity contribution in [1.82, 2.24) is 5.32 Å². The third kappa shape index (κ3) is 4.01. The maximum atomic E-state index is 15.1. The zero-order valence-corrected chi connectivity index (χ0v) is 19.3. The summed E-state index contributed by atoms with van der Waals surface area (Å²) in [4.78, 5) is 24.7. The molecular weight excluding hydrogens is 409 g/mol. The molecule has 5 saturated carbocycles. The molecule has 1 aromatic carbocycles. The van der Waals surface area contributed by atoms with E-state index < -0.39 is 23.2 Å². The van der Waals surface area contributed by atoms with Crippen LogP contribution in [-0.4, -0.2) is 31.1 Å². The molecule has 1 amide bonds. The molecule has 0 spiro atoms. The fourth-order valence-electron chi connectivity index (χ4n) is 6.94. The predicted octanol–water partition coefficient (Wildman–Crippen LogP) is 4.98. The van der Waals surface area contributed by atoms with Crippen LogP contribution in [0.25, 0.3) is 0 Å². The first-order valence-corrected chi connectivity index (χ1v) is 12.1. The van der Waals surface area contributed by atoms with E-state index in [1.807, 2.05) is 0 Å². The van der Waals surface area contributed by atoms with Gasteiger partial charge in [0.1, 0.15) is 17.1 Å². The number of halogens is 1. The van der Waals surface area contributed by atoms with E-state index in [1.165, 1.54) is 51.7 Å². The molecule has 0 aromatic heterocycles. The molecule has 6 rings (SSSR count). The van der Waals surface area contributed by atoms with Gasteiger partial charge in [-0.05, 0) is 101 Å². The second-order valence-corrected chi connectivity index (χ2v) is 11.4. The predicted molar refractivity (Wildman–Crippen MR) is 118 cm³/mol. The van der Waals surface area contributed by atoms with Crippen molar-refractivity contribution in [3.8, 4) is 5.75 Å². The van der Waals surface area contributed by atoms with Gasteiger partial charge in [0, 0.05) is 11.5 Å². The Morgan fingerprint density at radius 2 is 1.69 bits per heavy atom. The SMILES string of the molecule is COC(=O)C(C)(C)NC(=O)c1cc(C2CC2)c(OCC23CC4CC(CC(C4)C2)C3)cc1F. The minimum Gasteiger partial charge on any atom is -0.493 e. The van der Waals surface area contributed by atoms with Crippen molar-refractivity contribution in [1.29, 1.82) is 0 Å². The average Bonchev–Trinajstić information content (AvgIpc) is 3.55. The van der Waals surface area contributed by atoms with Crippen molar-refractivity contribution in [2.24, 2.45) is 23.2 Å². The quantitative estimate of drug-likeness (QED) is 0.604. The van der Waals surface area contributed by atoms with Crippen LogP contribution in [0.15, 0.2) is 12.1 Å². The molecule has 0 heterocycles. The van der Waals surface area contributed by atoms with E-state index in [2.05, 4.69) is 5.32 Å². The van der Waals surface area contributed by atoms with E-state index in [0.29, 0.717) is 18.3 Å². The van der Waals surface area contributed by atoms with Gasteiger partial charge in [-0.3, -0.25) is 4.79 Å². The van der Waals surface area contributed by atoms with Crippen molar-refractivity contribution in [2.45, 2.75) is 76.7 Å². The van der Waals surface area contributed by atoms with E-state index >= 15 is 4.39 Å². The van der Waals surface area contributed by atoms with Crippen molar-refractivity contribution >= 4 is 11.9 Å². The number of methoxy groups -OCH3 is 1. The molecule has 0 radical (unpaired) electrons. The van der Waals surface area contributed by atoms with E-state index in [-0.39, 0.29) is 11.0 Å². The van der Waals surface area contributed by atoms with Crippen LogP contribution in [0.5, 0.6) is 5.75 Å². The summed E-state index contributed by atoms with van der Waals surface area (Å²) in [6.07, 6.45) is 9.91. The summed E-state index contributed by atoms with van der Waals surface area (Å²) >= 11 is 0. The number of nitrogens with one attached hydrogen (secondary N) is 1. The lowest BCUT2D eigenvalue weighted by Crippen LogP contribution is -2.50. The smallest absolute Gasteiger partial charge is 0.330 e. The normalized spacial score (nSPS) is 30.8. The van der Waals surface area contributed by atoms with Crippen molar-refractivity contribution in [3.63, 3.8) is 0 Å². The Bertz CT molecular complexity index is 901.